The molecule has 1 fully saturated rings. The minimum atomic E-state index is 0.0272. The van der Waals surface area contributed by atoms with E-state index in [0.717, 1.165) is 34.1 Å². The number of nitrogens with one attached hydrogen (secondary N) is 1. The van der Waals surface area contributed by atoms with Crippen LogP contribution >= 0.6 is 22.9 Å². The second-order valence-electron chi connectivity index (χ2n) is 4.97. The van der Waals surface area contributed by atoms with Gasteiger partial charge in [-0.25, -0.2) is 4.98 Å². The van der Waals surface area contributed by atoms with Gasteiger partial charge in [0.25, 0.3) is 0 Å². The Bertz CT molecular complexity index is 688. The van der Waals surface area contributed by atoms with Gasteiger partial charge in [0.2, 0.25) is 5.91 Å². The van der Waals surface area contributed by atoms with Crippen molar-refractivity contribution in [3.8, 4) is 5.75 Å². The van der Waals surface area contributed by atoms with E-state index in [1.54, 1.807) is 25.5 Å². The van der Waals surface area contributed by atoms with E-state index in [-0.39, 0.29) is 11.8 Å². The second-order valence-corrected chi connectivity index (χ2v) is 6.35. The van der Waals surface area contributed by atoms with Crippen molar-refractivity contribution in [2.24, 2.45) is 5.92 Å². The zero-order chi connectivity index (χ0) is 15.0. The summed E-state index contributed by atoms with van der Waals surface area (Å²) >= 11 is 7.78. The van der Waals surface area contributed by atoms with Gasteiger partial charge in [-0.3, -0.25) is 4.79 Å². The summed E-state index contributed by atoms with van der Waals surface area (Å²) in [5, 5.41) is 4.28. The lowest BCUT2D eigenvalue weighted by Crippen LogP contribution is -2.30. The highest BCUT2D eigenvalue weighted by Gasteiger charge is 2.29. The average Bonchev–Trinajstić information content (AvgIpc) is 3.13. The molecule has 0 bridgehead atoms. The first kappa shape index (κ1) is 14.4. The van der Waals surface area contributed by atoms with Crippen LogP contribution in [0.25, 0.3) is 10.2 Å². The van der Waals surface area contributed by atoms with Crippen LogP contribution in [0.4, 0.5) is 5.13 Å². The largest absolute Gasteiger partial charge is 0.494 e. The molecule has 0 spiro atoms. The fraction of sp³-hybridized carbons (Fsp3) is 0.429. The quantitative estimate of drug-likeness (QED) is 0.942. The number of nitrogens with zero attached hydrogens (tertiary/aromatic N) is 2. The number of hydrogen-bond donors (Lipinski definition) is 1. The molecule has 0 aliphatic carbocycles. The average molecular weight is 326 g/mol. The van der Waals surface area contributed by atoms with E-state index in [1.165, 1.54) is 0 Å². The number of carbonyl (C=O) groups is 1. The van der Waals surface area contributed by atoms with Gasteiger partial charge >= 0.3 is 0 Å². The maximum Gasteiger partial charge on any atom is 0.224 e. The van der Waals surface area contributed by atoms with E-state index in [1.807, 2.05) is 12.1 Å². The molecule has 1 aliphatic rings. The first-order valence-corrected chi connectivity index (χ1v) is 7.93. The van der Waals surface area contributed by atoms with Crippen LogP contribution in [0.15, 0.2) is 12.1 Å². The van der Waals surface area contributed by atoms with Gasteiger partial charge in [-0.2, -0.15) is 0 Å². The van der Waals surface area contributed by atoms with Crippen LogP contribution in [0.2, 0.25) is 5.02 Å². The molecule has 1 atom stereocenters. The molecule has 0 saturated carbocycles. The molecular formula is C14H16ClN3O2S. The van der Waals surface area contributed by atoms with Gasteiger partial charge in [0.1, 0.15) is 11.3 Å². The number of fused-ring (bicyclic) bond motifs is 1. The molecule has 1 aromatic heterocycles. The highest BCUT2D eigenvalue weighted by molar-refractivity contribution is 7.22. The molecule has 3 rings (SSSR count). The zero-order valence-electron chi connectivity index (χ0n) is 11.9. The number of amides is 1. The SMILES string of the molecule is CNC(=O)C1CCN(c2nc3c(OC)ccc(Cl)c3s2)C1. The van der Waals surface area contributed by atoms with Crippen molar-refractivity contribution >= 4 is 44.2 Å². The van der Waals surface area contributed by atoms with Crippen LogP contribution in [0.5, 0.6) is 5.75 Å². The molecule has 5 nitrogen and oxygen atoms in total. The number of ether oxygens (including phenoxy) is 1. The smallest absolute Gasteiger partial charge is 0.224 e. The molecule has 112 valence electrons. The third-order valence-electron chi connectivity index (χ3n) is 3.74. The fourth-order valence-corrected chi connectivity index (χ4v) is 3.88. The molecule has 1 aliphatic heterocycles. The third kappa shape index (κ3) is 2.53. The summed E-state index contributed by atoms with van der Waals surface area (Å²) in [4.78, 5) is 18.5. The Kier molecular flexibility index (Phi) is 3.91. The molecule has 1 unspecified atom stereocenters. The molecular weight excluding hydrogens is 310 g/mol. The van der Waals surface area contributed by atoms with Gasteiger partial charge < -0.3 is 15.0 Å². The lowest BCUT2D eigenvalue weighted by Gasteiger charge is -2.14. The molecule has 21 heavy (non-hydrogen) atoms. The predicted octanol–water partition coefficient (Wildman–Crippen LogP) is 2.53. The van der Waals surface area contributed by atoms with Crippen LogP contribution in [-0.2, 0) is 4.79 Å². The number of carbonyl (C=O) groups excluding carboxylic acids is 1. The zero-order valence-corrected chi connectivity index (χ0v) is 13.4. The van der Waals surface area contributed by atoms with Crippen molar-refractivity contribution < 1.29 is 9.53 Å². The van der Waals surface area contributed by atoms with E-state index in [9.17, 15) is 4.79 Å². The summed E-state index contributed by atoms with van der Waals surface area (Å²) in [5.41, 5.74) is 0.786. The van der Waals surface area contributed by atoms with Gasteiger partial charge in [-0.15, -0.1) is 0 Å². The number of benzene rings is 1. The van der Waals surface area contributed by atoms with Crippen LogP contribution in [-0.4, -0.2) is 38.1 Å². The first-order valence-electron chi connectivity index (χ1n) is 6.73. The third-order valence-corrected chi connectivity index (χ3v) is 5.32. The van der Waals surface area contributed by atoms with E-state index < -0.39 is 0 Å². The molecule has 2 aromatic rings. The van der Waals surface area contributed by atoms with Crippen molar-refractivity contribution in [3.05, 3.63) is 17.2 Å². The molecule has 1 saturated heterocycles. The minimum absolute atomic E-state index is 0.0272. The Balaban J connectivity index is 1.92. The van der Waals surface area contributed by atoms with Crippen LogP contribution in [0.1, 0.15) is 6.42 Å². The van der Waals surface area contributed by atoms with Gasteiger partial charge in [0.05, 0.1) is 22.8 Å². The number of aromatic nitrogens is 1. The lowest BCUT2D eigenvalue weighted by atomic mass is 10.1. The van der Waals surface area contributed by atoms with Crippen molar-refractivity contribution in [1.82, 2.24) is 10.3 Å². The van der Waals surface area contributed by atoms with E-state index in [4.69, 9.17) is 16.3 Å². The highest BCUT2D eigenvalue weighted by atomic mass is 35.5. The Morgan fingerprint density at radius 3 is 3.10 bits per heavy atom. The van der Waals surface area contributed by atoms with Crippen molar-refractivity contribution in [2.75, 3.05) is 32.1 Å². The van der Waals surface area contributed by atoms with Gasteiger partial charge in [0.15, 0.2) is 5.13 Å². The number of hydrogen-bond acceptors (Lipinski definition) is 5. The molecule has 7 heteroatoms. The summed E-state index contributed by atoms with van der Waals surface area (Å²) in [7, 11) is 3.30. The van der Waals surface area contributed by atoms with E-state index in [0.29, 0.717) is 11.6 Å². The molecule has 0 radical (unpaired) electrons. The summed E-state index contributed by atoms with van der Waals surface area (Å²) in [6, 6.07) is 3.65. The maximum absolute atomic E-state index is 11.7. The fourth-order valence-electron chi connectivity index (χ4n) is 2.59. The first-order chi connectivity index (χ1) is 10.1. The molecule has 1 amide bonds. The number of halogens is 1. The van der Waals surface area contributed by atoms with Crippen LogP contribution in [0, 0.1) is 5.92 Å². The van der Waals surface area contributed by atoms with E-state index in [2.05, 4.69) is 15.2 Å². The van der Waals surface area contributed by atoms with Crippen LogP contribution in [0.3, 0.4) is 0 Å². The molecule has 2 heterocycles. The normalized spacial score (nSPS) is 18.2. The number of anilines is 1. The number of rotatable bonds is 3. The van der Waals surface area contributed by atoms with Crippen molar-refractivity contribution in [2.45, 2.75) is 6.42 Å². The number of methoxy groups -OCH3 is 1. The molecule has 1 aromatic carbocycles. The minimum Gasteiger partial charge on any atom is -0.494 e. The standard InChI is InChI=1S/C14H16ClN3O2S/c1-16-13(19)8-5-6-18(7-8)14-17-11-10(20-2)4-3-9(15)12(11)21-14/h3-4,8H,5-7H2,1-2H3,(H,16,19). The van der Waals surface area contributed by atoms with Gasteiger partial charge in [-0.05, 0) is 18.6 Å². The van der Waals surface area contributed by atoms with Gasteiger partial charge in [0, 0.05) is 20.1 Å². The topological polar surface area (TPSA) is 54.5 Å². The Labute approximate surface area is 131 Å². The van der Waals surface area contributed by atoms with Crippen molar-refractivity contribution in [3.63, 3.8) is 0 Å². The second kappa shape index (κ2) is 5.69. The number of thiazole rings is 1. The Morgan fingerprint density at radius 2 is 2.38 bits per heavy atom. The maximum atomic E-state index is 11.7. The summed E-state index contributed by atoms with van der Waals surface area (Å²) in [6.45, 7) is 1.53. The summed E-state index contributed by atoms with van der Waals surface area (Å²) < 4.78 is 6.26. The summed E-state index contributed by atoms with van der Waals surface area (Å²) in [6.07, 6.45) is 0.848. The Morgan fingerprint density at radius 1 is 1.57 bits per heavy atom. The highest BCUT2D eigenvalue weighted by Crippen LogP contribution is 2.39. The molecule has 1 N–H and O–H groups in total. The Hall–Kier alpha value is -1.53. The predicted molar refractivity (Wildman–Crippen MR) is 85.6 cm³/mol. The van der Waals surface area contributed by atoms with Crippen LogP contribution < -0.4 is 15.0 Å². The summed E-state index contributed by atoms with van der Waals surface area (Å²) in [5.74, 6) is 0.840. The van der Waals surface area contributed by atoms with Crippen molar-refractivity contribution in [1.29, 1.82) is 0 Å². The van der Waals surface area contributed by atoms with Gasteiger partial charge in [-0.1, -0.05) is 22.9 Å². The van der Waals surface area contributed by atoms with E-state index >= 15 is 0 Å². The lowest BCUT2D eigenvalue weighted by molar-refractivity contribution is -0.123. The monoisotopic (exact) mass is 325 g/mol.